The Bertz CT molecular complexity index is 671. The van der Waals surface area contributed by atoms with E-state index in [-0.39, 0.29) is 12.0 Å². The van der Waals surface area contributed by atoms with Crippen LogP contribution < -0.4 is 5.32 Å². The number of nitrogens with one attached hydrogen (secondary N) is 1. The van der Waals surface area contributed by atoms with Crippen molar-refractivity contribution in [2.75, 3.05) is 18.4 Å². The molecular formula is C15H17F3N4S. The number of rotatable bonds is 4. The van der Waals surface area contributed by atoms with Crippen molar-refractivity contribution in [3.05, 3.63) is 39.8 Å². The molecule has 0 aliphatic carbocycles. The second-order valence-electron chi connectivity index (χ2n) is 5.64. The van der Waals surface area contributed by atoms with E-state index in [9.17, 15) is 13.2 Å². The fourth-order valence-electron chi connectivity index (χ4n) is 2.65. The maximum atomic E-state index is 12.7. The number of halogens is 3. The van der Waals surface area contributed by atoms with E-state index in [1.165, 1.54) is 9.75 Å². The molecule has 8 heteroatoms. The van der Waals surface area contributed by atoms with Crippen LogP contribution in [-0.2, 0) is 12.7 Å². The van der Waals surface area contributed by atoms with Gasteiger partial charge < -0.3 is 5.32 Å². The molecule has 3 heterocycles. The van der Waals surface area contributed by atoms with Crippen molar-refractivity contribution in [3.8, 4) is 0 Å². The van der Waals surface area contributed by atoms with Crippen LogP contribution in [0.3, 0.4) is 0 Å². The van der Waals surface area contributed by atoms with E-state index in [1.54, 1.807) is 11.3 Å². The maximum Gasteiger partial charge on any atom is 0.433 e. The van der Waals surface area contributed by atoms with Gasteiger partial charge in [-0.3, -0.25) is 4.90 Å². The van der Waals surface area contributed by atoms with Crippen LogP contribution in [0.4, 0.5) is 19.1 Å². The Hall–Kier alpha value is -1.67. The van der Waals surface area contributed by atoms with Crippen LogP contribution in [0.25, 0.3) is 0 Å². The van der Waals surface area contributed by atoms with Crippen molar-refractivity contribution in [1.29, 1.82) is 0 Å². The smallest absolute Gasteiger partial charge is 0.350 e. The van der Waals surface area contributed by atoms with Crippen LogP contribution >= 0.6 is 11.3 Å². The molecule has 4 nitrogen and oxygen atoms in total. The molecule has 2 aromatic heterocycles. The van der Waals surface area contributed by atoms with Gasteiger partial charge in [-0.05, 0) is 31.5 Å². The highest BCUT2D eigenvalue weighted by atomic mass is 32.1. The molecule has 0 aromatic carbocycles. The summed E-state index contributed by atoms with van der Waals surface area (Å²) in [6, 6.07) is 5.17. The van der Waals surface area contributed by atoms with E-state index >= 15 is 0 Å². The lowest BCUT2D eigenvalue weighted by Crippen LogP contribution is -2.26. The molecular weight excluding hydrogens is 325 g/mol. The Morgan fingerprint density at radius 3 is 2.87 bits per heavy atom. The third-order valence-corrected chi connectivity index (χ3v) is 4.71. The van der Waals surface area contributed by atoms with Gasteiger partial charge in [0.15, 0.2) is 0 Å². The van der Waals surface area contributed by atoms with E-state index in [2.05, 4.69) is 39.2 Å². The number of likely N-dealkylation sites (tertiary alicyclic amines) is 1. The largest absolute Gasteiger partial charge is 0.433 e. The average Bonchev–Trinajstić information content (AvgIpc) is 3.08. The first kappa shape index (κ1) is 16.2. The molecule has 3 rings (SSSR count). The molecule has 0 saturated carbocycles. The number of aryl methyl sites for hydroxylation is 1. The highest BCUT2D eigenvalue weighted by Gasteiger charge is 2.33. The second-order valence-corrected chi connectivity index (χ2v) is 7.01. The van der Waals surface area contributed by atoms with E-state index in [1.807, 2.05) is 0 Å². The lowest BCUT2D eigenvalue weighted by atomic mass is 10.3. The molecule has 1 atom stereocenters. The van der Waals surface area contributed by atoms with Gasteiger partial charge in [-0.1, -0.05) is 0 Å². The van der Waals surface area contributed by atoms with Crippen LogP contribution in [-0.4, -0.2) is 34.0 Å². The van der Waals surface area contributed by atoms with Gasteiger partial charge in [-0.2, -0.15) is 13.2 Å². The molecule has 0 bridgehead atoms. The Morgan fingerprint density at radius 1 is 1.35 bits per heavy atom. The number of hydrogen-bond donors (Lipinski definition) is 1. The van der Waals surface area contributed by atoms with Crippen LogP contribution in [0, 0.1) is 6.92 Å². The summed E-state index contributed by atoms with van der Waals surface area (Å²) in [5.74, 6) is 0.0404. The fourth-order valence-corrected chi connectivity index (χ4v) is 3.59. The number of thiophene rings is 1. The summed E-state index contributed by atoms with van der Waals surface area (Å²) < 4.78 is 38.0. The summed E-state index contributed by atoms with van der Waals surface area (Å²) in [6.45, 7) is 4.64. The van der Waals surface area contributed by atoms with Crippen molar-refractivity contribution in [1.82, 2.24) is 14.9 Å². The summed E-state index contributed by atoms with van der Waals surface area (Å²) in [5.41, 5.74) is -0.918. The molecule has 2 aromatic rings. The summed E-state index contributed by atoms with van der Waals surface area (Å²) >= 11 is 1.77. The number of alkyl halides is 3. The molecule has 0 spiro atoms. The Morgan fingerprint density at radius 2 is 2.17 bits per heavy atom. The molecule has 0 amide bonds. The van der Waals surface area contributed by atoms with Gasteiger partial charge in [0, 0.05) is 41.6 Å². The summed E-state index contributed by atoms with van der Waals surface area (Å²) in [7, 11) is 0. The molecule has 1 N–H and O–H groups in total. The predicted octanol–water partition coefficient (Wildman–Crippen LogP) is 3.55. The van der Waals surface area contributed by atoms with Gasteiger partial charge in [-0.15, -0.1) is 11.3 Å². The molecule has 0 radical (unpaired) electrons. The third-order valence-electron chi connectivity index (χ3n) is 3.73. The average molecular weight is 342 g/mol. The van der Waals surface area contributed by atoms with Gasteiger partial charge >= 0.3 is 6.18 Å². The van der Waals surface area contributed by atoms with Crippen molar-refractivity contribution < 1.29 is 13.2 Å². The minimum Gasteiger partial charge on any atom is -0.350 e. The zero-order valence-corrected chi connectivity index (χ0v) is 13.4. The van der Waals surface area contributed by atoms with Crippen LogP contribution in [0.15, 0.2) is 24.4 Å². The van der Waals surface area contributed by atoms with Crippen molar-refractivity contribution in [2.45, 2.75) is 32.1 Å². The van der Waals surface area contributed by atoms with Gasteiger partial charge in [0.2, 0.25) is 5.95 Å². The van der Waals surface area contributed by atoms with E-state index in [0.717, 1.165) is 38.3 Å². The number of hydrogen-bond acceptors (Lipinski definition) is 5. The van der Waals surface area contributed by atoms with Gasteiger partial charge in [0.1, 0.15) is 5.69 Å². The topological polar surface area (TPSA) is 41.0 Å². The summed E-state index contributed by atoms with van der Waals surface area (Å²) in [4.78, 5) is 12.3. The first-order valence-corrected chi connectivity index (χ1v) is 8.16. The normalized spacial score (nSPS) is 19.2. The molecule has 23 heavy (non-hydrogen) atoms. The van der Waals surface area contributed by atoms with Crippen LogP contribution in [0.1, 0.15) is 21.9 Å². The Balaban J connectivity index is 1.57. The SMILES string of the molecule is Cc1ccc(CN2CCC(Nc3nccc(C(F)(F)F)n3)C2)s1. The maximum absolute atomic E-state index is 12.7. The highest BCUT2D eigenvalue weighted by Crippen LogP contribution is 2.28. The van der Waals surface area contributed by atoms with Gasteiger partial charge in [0.25, 0.3) is 0 Å². The van der Waals surface area contributed by atoms with Gasteiger partial charge in [0.05, 0.1) is 0 Å². The minimum atomic E-state index is -4.45. The zero-order chi connectivity index (χ0) is 16.4. The zero-order valence-electron chi connectivity index (χ0n) is 12.6. The molecule has 1 saturated heterocycles. The standard InChI is InChI=1S/C15H17F3N4S/c1-10-2-3-12(23-10)9-22-7-5-11(8-22)20-14-19-6-4-13(21-14)15(16,17)18/h2-4,6,11H,5,7-9H2,1H3,(H,19,20,21). The lowest BCUT2D eigenvalue weighted by Gasteiger charge is -2.16. The molecule has 1 unspecified atom stereocenters. The fraction of sp³-hybridized carbons (Fsp3) is 0.467. The van der Waals surface area contributed by atoms with Gasteiger partial charge in [-0.25, -0.2) is 9.97 Å². The summed E-state index contributed by atoms with van der Waals surface area (Å²) in [6.07, 6.45) is -2.44. The molecule has 124 valence electrons. The molecule has 1 fully saturated rings. The lowest BCUT2D eigenvalue weighted by molar-refractivity contribution is -0.141. The Kier molecular flexibility index (Phi) is 4.54. The second kappa shape index (κ2) is 6.45. The monoisotopic (exact) mass is 342 g/mol. The van der Waals surface area contributed by atoms with Crippen molar-refractivity contribution >= 4 is 17.3 Å². The minimum absolute atomic E-state index is 0.0404. The number of aromatic nitrogens is 2. The van der Waals surface area contributed by atoms with Crippen LogP contribution in [0.5, 0.6) is 0 Å². The number of nitrogens with zero attached hydrogens (tertiary/aromatic N) is 3. The first-order chi connectivity index (χ1) is 10.9. The predicted molar refractivity (Wildman–Crippen MR) is 83.4 cm³/mol. The van der Waals surface area contributed by atoms with Crippen molar-refractivity contribution in [3.63, 3.8) is 0 Å². The van der Waals surface area contributed by atoms with Crippen LogP contribution in [0.2, 0.25) is 0 Å². The van der Waals surface area contributed by atoms with E-state index < -0.39 is 11.9 Å². The van der Waals surface area contributed by atoms with E-state index in [4.69, 9.17) is 0 Å². The number of anilines is 1. The highest BCUT2D eigenvalue weighted by molar-refractivity contribution is 7.11. The quantitative estimate of drug-likeness (QED) is 0.923. The van der Waals surface area contributed by atoms with Crippen molar-refractivity contribution in [2.24, 2.45) is 0 Å². The third kappa shape index (κ3) is 4.20. The molecule has 1 aliphatic rings. The summed E-state index contributed by atoms with van der Waals surface area (Å²) in [5, 5.41) is 3.01. The first-order valence-electron chi connectivity index (χ1n) is 7.34. The molecule has 1 aliphatic heterocycles. The van der Waals surface area contributed by atoms with E-state index in [0.29, 0.717) is 0 Å². The Labute approximate surface area is 136 Å².